The number of ether oxygens (including phenoxy) is 1. The van der Waals surface area contributed by atoms with Crippen molar-refractivity contribution >= 4 is 24.8 Å². The number of aliphatic hydroxyl groups excluding tert-OH is 1. The first-order valence-electron chi connectivity index (χ1n) is 3.55. The number of halogens is 1. The largest absolute Gasteiger partial charge is 0.468 e. The fraction of sp³-hybridized carbons (Fsp3) is 0.714. The zero-order chi connectivity index (χ0) is 10.9. The Labute approximate surface area is 89.4 Å². The summed E-state index contributed by atoms with van der Waals surface area (Å²) in [4.78, 5) is 21.1. The number of nitrogens with zero attached hydrogens (tertiary/aromatic N) is 1. The summed E-state index contributed by atoms with van der Waals surface area (Å²) >= 11 is 0. The van der Waals surface area contributed by atoms with Crippen LogP contribution in [0.3, 0.4) is 0 Å². The maximum atomic E-state index is 10.2. The molecule has 3 N–H and O–H groups in total. The third-order valence-corrected chi connectivity index (χ3v) is 0.911. The lowest BCUT2D eigenvalue weighted by molar-refractivity contribution is -0.143. The summed E-state index contributed by atoms with van der Waals surface area (Å²) in [6.07, 6.45) is 0.750. The SMILES string of the molecule is CN(C)C=O.COC(=O)C(N)CO.Cl. The minimum atomic E-state index is -0.889. The molecule has 1 unspecified atom stereocenters. The molecule has 1 amide bonds. The molecule has 7 heteroatoms. The second-order valence-corrected chi connectivity index (χ2v) is 2.38. The van der Waals surface area contributed by atoms with Crippen LogP contribution in [0.4, 0.5) is 0 Å². The van der Waals surface area contributed by atoms with E-state index in [0.717, 1.165) is 6.41 Å². The normalized spacial score (nSPS) is 9.79. The number of rotatable bonds is 3. The molecule has 0 fully saturated rings. The van der Waals surface area contributed by atoms with Gasteiger partial charge in [0.1, 0.15) is 6.04 Å². The van der Waals surface area contributed by atoms with Gasteiger partial charge in [-0.25, -0.2) is 0 Å². The molecule has 0 bridgehead atoms. The lowest BCUT2D eigenvalue weighted by Gasteiger charge is -2.02. The average Bonchev–Trinajstić information content (AvgIpc) is 2.16. The third kappa shape index (κ3) is 13.7. The maximum absolute atomic E-state index is 10.2. The molecule has 0 aromatic rings. The fourth-order valence-corrected chi connectivity index (χ4v) is 0.226. The lowest BCUT2D eigenvalue weighted by Crippen LogP contribution is -2.34. The Morgan fingerprint density at radius 1 is 1.64 bits per heavy atom. The Kier molecular flexibility index (Phi) is 16.4. The maximum Gasteiger partial charge on any atom is 0.325 e. The summed E-state index contributed by atoms with van der Waals surface area (Å²) in [5, 5.41) is 8.21. The van der Waals surface area contributed by atoms with Gasteiger partial charge in [-0.05, 0) is 0 Å². The van der Waals surface area contributed by atoms with E-state index in [1.54, 1.807) is 14.1 Å². The van der Waals surface area contributed by atoms with Crippen molar-refractivity contribution in [3.8, 4) is 0 Å². The second kappa shape index (κ2) is 12.2. The molecule has 86 valence electrons. The van der Waals surface area contributed by atoms with Crippen LogP contribution >= 0.6 is 12.4 Å². The van der Waals surface area contributed by atoms with Crippen molar-refractivity contribution in [2.24, 2.45) is 5.73 Å². The summed E-state index contributed by atoms with van der Waals surface area (Å²) in [7, 11) is 4.60. The number of esters is 1. The number of methoxy groups -OCH3 is 1. The Morgan fingerprint density at radius 3 is 2.07 bits per heavy atom. The van der Waals surface area contributed by atoms with E-state index >= 15 is 0 Å². The van der Waals surface area contributed by atoms with Crippen LogP contribution < -0.4 is 5.73 Å². The monoisotopic (exact) mass is 228 g/mol. The van der Waals surface area contributed by atoms with Gasteiger partial charge in [0.15, 0.2) is 0 Å². The number of aliphatic hydroxyl groups is 1. The molecule has 0 saturated heterocycles. The van der Waals surface area contributed by atoms with E-state index in [0.29, 0.717) is 0 Å². The predicted molar refractivity (Wildman–Crippen MR) is 54.1 cm³/mol. The first-order valence-corrected chi connectivity index (χ1v) is 3.55. The van der Waals surface area contributed by atoms with Gasteiger partial charge >= 0.3 is 5.97 Å². The fourth-order valence-electron chi connectivity index (χ4n) is 0.226. The summed E-state index contributed by atoms with van der Waals surface area (Å²) in [6.45, 7) is -0.368. The van der Waals surface area contributed by atoms with Crippen LogP contribution in [0.5, 0.6) is 0 Å². The highest BCUT2D eigenvalue weighted by atomic mass is 35.5. The molecular weight excluding hydrogens is 212 g/mol. The molecule has 0 rings (SSSR count). The Morgan fingerprint density at radius 2 is 2.00 bits per heavy atom. The number of carbonyl (C=O) groups is 2. The third-order valence-electron chi connectivity index (χ3n) is 0.911. The van der Waals surface area contributed by atoms with Crippen LogP contribution in [0.15, 0.2) is 0 Å². The molecule has 0 aromatic carbocycles. The molecule has 14 heavy (non-hydrogen) atoms. The summed E-state index contributed by atoms with van der Waals surface area (Å²) in [6, 6.07) is -0.889. The van der Waals surface area contributed by atoms with E-state index in [1.165, 1.54) is 12.0 Å². The number of hydrogen-bond donors (Lipinski definition) is 2. The molecule has 0 saturated carbocycles. The van der Waals surface area contributed by atoms with E-state index in [9.17, 15) is 9.59 Å². The second-order valence-electron chi connectivity index (χ2n) is 2.38. The standard InChI is InChI=1S/C4H9NO3.C3H7NO.ClH/c1-8-4(7)3(5)2-6;1-4(2)3-5;/h3,6H,2,5H2,1H3;3H,1-2H3;1H. The van der Waals surface area contributed by atoms with Crippen molar-refractivity contribution in [1.82, 2.24) is 4.90 Å². The Bertz CT molecular complexity index is 155. The summed E-state index contributed by atoms with van der Waals surface area (Å²) in [5.41, 5.74) is 5.00. The molecule has 1 atom stereocenters. The van der Waals surface area contributed by atoms with Gasteiger partial charge in [-0.3, -0.25) is 9.59 Å². The first kappa shape index (κ1) is 18.8. The summed E-state index contributed by atoms with van der Waals surface area (Å²) in [5.74, 6) is -0.590. The zero-order valence-corrected chi connectivity index (χ0v) is 9.28. The van der Waals surface area contributed by atoms with Crippen LogP contribution in [-0.4, -0.2) is 56.2 Å². The van der Waals surface area contributed by atoms with Crippen LogP contribution in [0.1, 0.15) is 0 Å². The van der Waals surface area contributed by atoms with Crippen LogP contribution in [0, 0.1) is 0 Å². The Balaban J connectivity index is -0.000000177. The molecule has 0 aromatic heterocycles. The van der Waals surface area contributed by atoms with E-state index < -0.39 is 12.0 Å². The van der Waals surface area contributed by atoms with Crippen LogP contribution in [-0.2, 0) is 14.3 Å². The van der Waals surface area contributed by atoms with Gasteiger partial charge in [-0.15, -0.1) is 12.4 Å². The Hall–Kier alpha value is -0.850. The molecule has 0 spiro atoms. The molecule has 6 nitrogen and oxygen atoms in total. The lowest BCUT2D eigenvalue weighted by atomic mass is 10.3. The van der Waals surface area contributed by atoms with Gasteiger partial charge in [-0.2, -0.15) is 0 Å². The number of hydrogen-bond acceptors (Lipinski definition) is 5. The van der Waals surface area contributed by atoms with Crippen molar-refractivity contribution in [2.75, 3.05) is 27.8 Å². The van der Waals surface area contributed by atoms with Crippen molar-refractivity contribution in [3.63, 3.8) is 0 Å². The van der Waals surface area contributed by atoms with Crippen molar-refractivity contribution in [3.05, 3.63) is 0 Å². The topological polar surface area (TPSA) is 92.9 Å². The van der Waals surface area contributed by atoms with Crippen molar-refractivity contribution < 1.29 is 19.4 Å². The average molecular weight is 229 g/mol. The molecule has 0 aliphatic rings. The van der Waals surface area contributed by atoms with E-state index in [1.807, 2.05) is 0 Å². The van der Waals surface area contributed by atoms with Gasteiger partial charge < -0.3 is 20.5 Å². The van der Waals surface area contributed by atoms with Crippen LogP contribution in [0.2, 0.25) is 0 Å². The molecular formula is C7H17ClN2O4. The summed E-state index contributed by atoms with van der Waals surface area (Å²) < 4.78 is 4.18. The van der Waals surface area contributed by atoms with Gasteiger partial charge in [0.05, 0.1) is 13.7 Å². The quantitative estimate of drug-likeness (QED) is 0.458. The highest BCUT2D eigenvalue weighted by molar-refractivity contribution is 5.85. The first-order chi connectivity index (χ1) is 5.99. The number of carbonyl (C=O) groups excluding carboxylic acids is 2. The van der Waals surface area contributed by atoms with Gasteiger partial charge in [0.2, 0.25) is 6.41 Å². The van der Waals surface area contributed by atoms with E-state index in [2.05, 4.69) is 4.74 Å². The molecule has 0 aliphatic carbocycles. The highest BCUT2D eigenvalue weighted by Gasteiger charge is 2.10. The molecule has 0 radical (unpaired) electrons. The van der Waals surface area contributed by atoms with Crippen LogP contribution in [0.25, 0.3) is 0 Å². The van der Waals surface area contributed by atoms with Crippen molar-refractivity contribution in [1.29, 1.82) is 0 Å². The minimum Gasteiger partial charge on any atom is -0.468 e. The van der Waals surface area contributed by atoms with Gasteiger partial charge in [0, 0.05) is 14.1 Å². The van der Waals surface area contributed by atoms with E-state index in [-0.39, 0.29) is 19.0 Å². The zero-order valence-electron chi connectivity index (χ0n) is 8.47. The van der Waals surface area contributed by atoms with E-state index in [4.69, 9.17) is 10.8 Å². The highest BCUT2D eigenvalue weighted by Crippen LogP contribution is 1.78. The number of nitrogens with two attached hydrogens (primary N) is 1. The van der Waals surface area contributed by atoms with Crippen molar-refractivity contribution in [2.45, 2.75) is 6.04 Å². The number of amides is 1. The predicted octanol–water partition coefficient (Wildman–Crippen LogP) is -1.39. The van der Waals surface area contributed by atoms with Gasteiger partial charge in [-0.1, -0.05) is 0 Å². The van der Waals surface area contributed by atoms with Gasteiger partial charge in [0.25, 0.3) is 0 Å². The molecule has 0 aliphatic heterocycles. The molecule has 0 heterocycles. The minimum absolute atomic E-state index is 0. The smallest absolute Gasteiger partial charge is 0.325 e.